The highest BCUT2D eigenvalue weighted by Crippen LogP contribution is 2.48. The summed E-state index contributed by atoms with van der Waals surface area (Å²) >= 11 is 1.98. The van der Waals surface area contributed by atoms with E-state index in [4.69, 9.17) is 9.47 Å². The first kappa shape index (κ1) is 14.4. The molecule has 1 spiro atoms. The molecule has 3 rings (SSSR count). The third kappa shape index (κ3) is 3.05. The fourth-order valence-electron chi connectivity index (χ4n) is 3.43. The smallest absolute Gasteiger partial charge is 0.168 e. The number of rotatable bonds is 3. The fraction of sp³-hybridized carbons (Fsp3) is 0.647. The van der Waals surface area contributed by atoms with Crippen molar-refractivity contribution in [1.29, 1.82) is 0 Å². The van der Waals surface area contributed by atoms with Crippen LogP contribution in [-0.2, 0) is 9.47 Å². The van der Waals surface area contributed by atoms with Crippen LogP contribution in [0.1, 0.15) is 39.5 Å². The molecule has 2 aliphatic rings. The first-order valence-electron chi connectivity index (χ1n) is 7.62. The minimum Gasteiger partial charge on any atom is -0.348 e. The lowest BCUT2D eigenvalue weighted by Gasteiger charge is -2.43. The van der Waals surface area contributed by atoms with Crippen LogP contribution in [0.25, 0.3) is 0 Å². The van der Waals surface area contributed by atoms with Crippen molar-refractivity contribution >= 4 is 11.8 Å². The fourth-order valence-corrected chi connectivity index (χ4v) is 4.69. The van der Waals surface area contributed by atoms with E-state index in [0.717, 1.165) is 26.1 Å². The van der Waals surface area contributed by atoms with Crippen LogP contribution in [0.15, 0.2) is 35.2 Å². The first-order chi connectivity index (χ1) is 9.60. The standard InChI is InChI=1S/C17H24O2S/c1-16(2,20-15-8-4-3-5-9-15)14-7-6-10-17(13-14)18-11-12-19-17/h3-5,8-9,14H,6-7,10-13H2,1-2H3. The Labute approximate surface area is 126 Å². The zero-order valence-corrected chi connectivity index (χ0v) is 13.2. The van der Waals surface area contributed by atoms with Gasteiger partial charge in [0.25, 0.3) is 0 Å². The molecule has 1 saturated heterocycles. The molecule has 0 radical (unpaired) electrons. The van der Waals surface area contributed by atoms with Gasteiger partial charge in [0.15, 0.2) is 5.79 Å². The molecular formula is C17H24O2S. The summed E-state index contributed by atoms with van der Waals surface area (Å²) < 4.78 is 12.1. The molecule has 20 heavy (non-hydrogen) atoms. The molecule has 3 heteroatoms. The third-order valence-electron chi connectivity index (χ3n) is 4.59. The monoisotopic (exact) mass is 292 g/mol. The highest BCUT2D eigenvalue weighted by molar-refractivity contribution is 8.00. The molecule has 1 unspecified atom stereocenters. The normalized spacial score (nSPS) is 26.0. The molecule has 1 aliphatic carbocycles. The second-order valence-corrected chi connectivity index (χ2v) is 8.15. The van der Waals surface area contributed by atoms with E-state index in [1.54, 1.807) is 0 Å². The van der Waals surface area contributed by atoms with E-state index in [0.29, 0.717) is 5.92 Å². The largest absolute Gasteiger partial charge is 0.348 e. The van der Waals surface area contributed by atoms with Crippen molar-refractivity contribution in [3.05, 3.63) is 30.3 Å². The van der Waals surface area contributed by atoms with Crippen LogP contribution in [0.3, 0.4) is 0 Å². The molecule has 0 aromatic heterocycles. The maximum Gasteiger partial charge on any atom is 0.168 e. The summed E-state index contributed by atoms with van der Waals surface area (Å²) in [6, 6.07) is 10.7. The predicted octanol–water partition coefficient (Wildman–Crippen LogP) is 4.49. The van der Waals surface area contributed by atoms with Crippen molar-refractivity contribution < 1.29 is 9.47 Å². The van der Waals surface area contributed by atoms with E-state index in [1.165, 1.54) is 17.7 Å². The van der Waals surface area contributed by atoms with Gasteiger partial charge in [0.1, 0.15) is 0 Å². The highest BCUT2D eigenvalue weighted by atomic mass is 32.2. The van der Waals surface area contributed by atoms with Crippen LogP contribution in [0.5, 0.6) is 0 Å². The van der Waals surface area contributed by atoms with Crippen molar-refractivity contribution in [3.63, 3.8) is 0 Å². The molecule has 110 valence electrons. The predicted molar refractivity (Wildman–Crippen MR) is 83.0 cm³/mol. The topological polar surface area (TPSA) is 18.5 Å². The Morgan fingerprint density at radius 2 is 1.85 bits per heavy atom. The van der Waals surface area contributed by atoms with Crippen LogP contribution < -0.4 is 0 Å². The van der Waals surface area contributed by atoms with Crippen molar-refractivity contribution in [2.75, 3.05) is 13.2 Å². The Balaban J connectivity index is 1.70. The first-order valence-corrected chi connectivity index (χ1v) is 8.43. The van der Waals surface area contributed by atoms with Gasteiger partial charge in [0.2, 0.25) is 0 Å². The van der Waals surface area contributed by atoms with Gasteiger partial charge in [-0.15, -0.1) is 11.8 Å². The summed E-state index contributed by atoms with van der Waals surface area (Å²) in [4.78, 5) is 1.35. The van der Waals surface area contributed by atoms with Gasteiger partial charge in [-0.2, -0.15) is 0 Å². The molecule has 1 aromatic carbocycles. The zero-order chi connectivity index (χ0) is 14.1. The van der Waals surface area contributed by atoms with Gasteiger partial charge in [-0.25, -0.2) is 0 Å². The molecule has 0 amide bonds. The third-order valence-corrected chi connectivity index (χ3v) is 5.96. The van der Waals surface area contributed by atoms with Gasteiger partial charge in [0.05, 0.1) is 13.2 Å². The molecule has 1 aromatic rings. The maximum absolute atomic E-state index is 5.93. The van der Waals surface area contributed by atoms with Crippen LogP contribution in [0, 0.1) is 5.92 Å². The lowest BCUT2D eigenvalue weighted by atomic mass is 9.78. The molecule has 2 nitrogen and oxygen atoms in total. The van der Waals surface area contributed by atoms with Gasteiger partial charge in [0, 0.05) is 22.5 Å². The molecule has 2 fully saturated rings. The maximum atomic E-state index is 5.93. The second kappa shape index (κ2) is 5.70. The van der Waals surface area contributed by atoms with Crippen LogP contribution in [0.2, 0.25) is 0 Å². The average molecular weight is 292 g/mol. The van der Waals surface area contributed by atoms with Crippen LogP contribution in [0.4, 0.5) is 0 Å². The number of benzene rings is 1. The zero-order valence-electron chi connectivity index (χ0n) is 12.4. The molecule has 1 aliphatic heterocycles. The Bertz CT molecular complexity index is 438. The number of hydrogen-bond acceptors (Lipinski definition) is 3. The summed E-state index contributed by atoms with van der Waals surface area (Å²) in [7, 11) is 0. The van der Waals surface area contributed by atoms with Gasteiger partial charge in [-0.1, -0.05) is 32.0 Å². The lowest BCUT2D eigenvalue weighted by molar-refractivity contribution is -0.188. The molecule has 0 bridgehead atoms. The summed E-state index contributed by atoms with van der Waals surface area (Å²) in [6.45, 7) is 6.25. The van der Waals surface area contributed by atoms with Gasteiger partial charge >= 0.3 is 0 Å². The molecule has 1 saturated carbocycles. The van der Waals surface area contributed by atoms with Crippen molar-refractivity contribution in [3.8, 4) is 0 Å². The van der Waals surface area contributed by atoms with E-state index in [9.17, 15) is 0 Å². The lowest BCUT2D eigenvalue weighted by Crippen LogP contribution is -2.42. The Morgan fingerprint density at radius 3 is 2.55 bits per heavy atom. The van der Waals surface area contributed by atoms with Crippen molar-refractivity contribution in [2.45, 2.75) is 55.0 Å². The van der Waals surface area contributed by atoms with E-state index in [-0.39, 0.29) is 10.5 Å². The van der Waals surface area contributed by atoms with Crippen molar-refractivity contribution in [1.82, 2.24) is 0 Å². The second-order valence-electron chi connectivity index (χ2n) is 6.42. The molecule has 0 N–H and O–H groups in total. The molecule has 1 heterocycles. The number of ether oxygens (including phenoxy) is 2. The Kier molecular flexibility index (Phi) is 4.11. The Hall–Kier alpha value is -0.510. The summed E-state index contributed by atoms with van der Waals surface area (Å²) in [5.74, 6) is 0.372. The van der Waals surface area contributed by atoms with Crippen LogP contribution >= 0.6 is 11.8 Å². The van der Waals surface area contributed by atoms with E-state index in [1.807, 2.05) is 11.8 Å². The van der Waals surface area contributed by atoms with Gasteiger partial charge in [-0.05, 0) is 30.9 Å². The Morgan fingerprint density at radius 1 is 1.15 bits per heavy atom. The average Bonchev–Trinajstić information content (AvgIpc) is 2.87. The molecular weight excluding hydrogens is 268 g/mol. The van der Waals surface area contributed by atoms with E-state index < -0.39 is 0 Å². The van der Waals surface area contributed by atoms with Crippen LogP contribution in [-0.4, -0.2) is 23.7 Å². The van der Waals surface area contributed by atoms with E-state index >= 15 is 0 Å². The SMILES string of the molecule is CC(C)(Sc1ccccc1)C1CCCC2(C1)OCCO2. The summed E-state index contributed by atoms with van der Waals surface area (Å²) in [5, 5.41) is 0. The highest BCUT2D eigenvalue weighted by Gasteiger charge is 2.45. The minimum atomic E-state index is -0.266. The van der Waals surface area contributed by atoms with Crippen molar-refractivity contribution in [2.24, 2.45) is 5.92 Å². The summed E-state index contributed by atoms with van der Waals surface area (Å²) in [6.07, 6.45) is 4.60. The quantitative estimate of drug-likeness (QED) is 0.765. The van der Waals surface area contributed by atoms with Gasteiger partial charge in [-0.3, -0.25) is 0 Å². The number of hydrogen-bond donors (Lipinski definition) is 0. The molecule has 1 atom stereocenters. The summed E-state index contributed by atoms with van der Waals surface area (Å²) in [5.41, 5.74) is 0. The van der Waals surface area contributed by atoms with E-state index in [2.05, 4.69) is 44.2 Å². The number of thioether (sulfide) groups is 1. The van der Waals surface area contributed by atoms with Gasteiger partial charge < -0.3 is 9.47 Å². The minimum absolute atomic E-state index is 0.212.